The molecule has 4 nitrogen and oxygen atoms in total. The van der Waals surface area contributed by atoms with Crippen molar-refractivity contribution in [3.63, 3.8) is 0 Å². The van der Waals surface area contributed by atoms with E-state index < -0.39 is 0 Å². The Morgan fingerprint density at radius 1 is 1.62 bits per heavy atom. The summed E-state index contributed by atoms with van der Waals surface area (Å²) in [5, 5.41) is 0. The number of hydrogen-bond acceptors (Lipinski definition) is 3. The number of nitrogens with zero attached hydrogens (tertiary/aromatic N) is 2. The summed E-state index contributed by atoms with van der Waals surface area (Å²) in [4.78, 5) is 15.1. The highest BCUT2D eigenvalue weighted by Gasteiger charge is 2.02. The Labute approximate surface area is 77.5 Å². The zero-order valence-electron chi connectivity index (χ0n) is 7.77. The number of carbonyl (C=O) groups is 1. The molecule has 72 valence electrons. The van der Waals surface area contributed by atoms with Crippen LogP contribution in [0.15, 0.2) is 18.7 Å². The molecule has 13 heavy (non-hydrogen) atoms. The van der Waals surface area contributed by atoms with E-state index >= 15 is 0 Å². The second-order valence-electron chi connectivity index (χ2n) is 2.66. The number of hydrogen-bond donors (Lipinski definition) is 0. The lowest BCUT2D eigenvalue weighted by Gasteiger charge is -2.01. The molecule has 0 bridgehead atoms. The first-order valence-corrected chi connectivity index (χ1v) is 4.43. The van der Waals surface area contributed by atoms with Crippen LogP contribution in [-0.4, -0.2) is 28.7 Å². The van der Waals surface area contributed by atoms with Gasteiger partial charge in [-0.25, -0.2) is 4.98 Å². The van der Waals surface area contributed by atoms with Crippen LogP contribution in [0.3, 0.4) is 0 Å². The molecule has 0 aliphatic rings. The first-order valence-electron chi connectivity index (χ1n) is 4.43. The van der Waals surface area contributed by atoms with E-state index in [4.69, 9.17) is 4.74 Å². The molecule has 0 saturated heterocycles. The molecule has 1 aromatic heterocycles. The van der Waals surface area contributed by atoms with Gasteiger partial charge in [-0.1, -0.05) is 0 Å². The summed E-state index contributed by atoms with van der Waals surface area (Å²) in [6.07, 6.45) is 6.05. The molecular weight excluding hydrogens is 168 g/mol. The van der Waals surface area contributed by atoms with E-state index in [1.807, 2.05) is 6.92 Å². The van der Waals surface area contributed by atoms with E-state index in [-0.39, 0.29) is 5.91 Å². The summed E-state index contributed by atoms with van der Waals surface area (Å²) in [5.74, 6) is 0.0669. The molecule has 0 aromatic carbocycles. The van der Waals surface area contributed by atoms with Gasteiger partial charge in [-0.3, -0.25) is 9.36 Å². The monoisotopic (exact) mass is 182 g/mol. The molecule has 0 atom stereocenters. The van der Waals surface area contributed by atoms with Crippen molar-refractivity contribution in [3.05, 3.63) is 18.7 Å². The molecule has 0 unspecified atom stereocenters. The SMILES string of the molecule is CCOCCCC(=O)n1ccnc1. The summed E-state index contributed by atoms with van der Waals surface area (Å²) in [6.45, 7) is 3.30. The highest BCUT2D eigenvalue weighted by Crippen LogP contribution is 1.96. The lowest BCUT2D eigenvalue weighted by molar-refractivity contribution is 0.0869. The normalized spacial score (nSPS) is 10.2. The van der Waals surface area contributed by atoms with Crippen LogP contribution in [0.2, 0.25) is 0 Å². The van der Waals surface area contributed by atoms with Crippen LogP contribution in [0.4, 0.5) is 0 Å². The zero-order chi connectivity index (χ0) is 9.52. The molecule has 1 heterocycles. The Kier molecular flexibility index (Phi) is 4.18. The number of rotatable bonds is 5. The molecule has 0 aliphatic heterocycles. The topological polar surface area (TPSA) is 44.1 Å². The molecule has 0 N–H and O–H groups in total. The van der Waals surface area contributed by atoms with Crippen LogP contribution in [0, 0.1) is 0 Å². The fraction of sp³-hybridized carbons (Fsp3) is 0.556. The van der Waals surface area contributed by atoms with E-state index in [0.717, 1.165) is 6.42 Å². The fourth-order valence-corrected chi connectivity index (χ4v) is 1.01. The van der Waals surface area contributed by atoms with Crippen molar-refractivity contribution in [1.29, 1.82) is 0 Å². The molecule has 0 radical (unpaired) electrons. The minimum atomic E-state index is 0.0669. The van der Waals surface area contributed by atoms with Gasteiger partial charge in [0.15, 0.2) is 0 Å². The van der Waals surface area contributed by atoms with E-state index in [9.17, 15) is 4.79 Å². The lowest BCUT2D eigenvalue weighted by Crippen LogP contribution is -2.09. The van der Waals surface area contributed by atoms with Crippen molar-refractivity contribution in [1.82, 2.24) is 9.55 Å². The summed E-state index contributed by atoms with van der Waals surface area (Å²) >= 11 is 0. The van der Waals surface area contributed by atoms with Crippen molar-refractivity contribution in [2.24, 2.45) is 0 Å². The first-order chi connectivity index (χ1) is 6.34. The Hall–Kier alpha value is -1.16. The second-order valence-corrected chi connectivity index (χ2v) is 2.66. The Morgan fingerprint density at radius 2 is 2.46 bits per heavy atom. The minimum absolute atomic E-state index is 0.0669. The molecule has 1 rings (SSSR count). The van der Waals surface area contributed by atoms with Crippen LogP contribution < -0.4 is 0 Å². The Morgan fingerprint density at radius 3 is 3.08 bits per heavy atom. The molecular formula is C9H14N2O2. The van der Waals surface area contributed by atoms with Gasteiger partial charge >= 0.3 is 0 Å². The third-order valence-corrected chi connectivity index (χ3v) is 1.68. The molecule has 4 heteroatoms. The van der Waals surface area contributed by atoms with Gasteiger partial charge in [0.2, 0.25) is 5.91 Å². The van der Waals surface area contributed by atoms with Crippen LogP contribution >= 0.6 is 0 Å². The molecule has 0 saturated carbocycles. The highest BCUT2D eigenvalue weighted by molar-refractivity contribution is 5.78. The average molecular weight is 182 g/mol. The lowest BCUT2D eigenvalue weighted by atomic mass is 10.3. The summed E-state index contributed by atoms with van der Waals surface area (Å²) in [7, 11) is 0. The largest absolute Gasteiger partial charge is 0.382 e. The van der Waals surface area contributed by atoms with Crippen molar-refractivity contribution < 1.29 is 9.53 Å². The third-order valence-electron chi connectivity index (χ3n) is 1.68. The Bertz CT molecular complexity index is 244. The fourth-order valence-electron chi connectivity index (χ4n) is 1.01. The number of aromatic nitrogens is 2. The van der Waals surface area contributed by atoms with E-state index in [1.165, 1.54) is 10.9 Å². The smallest absolute Gasteiger partial charge is 0.231 e. The average Bonchev–Trinajstić information content (AvgIpc) is 2.65. The van der Waals surface area contributed by atoms with Crippen LogP contribution in [0.5, 0.6) is 0 Å². The summed E-state index contributed by atoms with van der Waals surface area (Å²) < 4.78 is 6.62. The van der Waals surface area contributed by atoms with Gasteiger partial charge in [-0.2, -0.15) is 0 Å². The number of ether oxygens (including phenoxy) is 1. The zero-order valence-corrected chi connectivity index (χ0v) is 7.77. The highest BCUT2D eigenvalue weighted by atomic mass is 16.5. The maximum absolute atomic E-state index is 11.3. The van der Waals surface area contributed by atoms with Crippen LogP contribution in [-0.2, 0) is 4.74 Å². The summed E-state index contributed by atoms with van der Waals surface area (Å²) in [5.41, 5.74) is 0. The predicted molar refractivity (Wildman–Crippen MR) is 48.6 cm³/mol. The van der Waals surface area contributed by atoms with E-state index in [1.54, 1.807) is 12.4 Å². The standard InChI is InChI=1S/C9H14N2O2/c1-2-13-7-3-4-9(12)11-6-5-10-8-11/h5-6,8H,2-4,7H2,1H3. The number of imidazole rings is 1. The van der Waals surface area contributed by atoms with Gasteiger partial charge in [0, 0.05) is 32.0 Å². The van der Waals surface area contributed by atoms with E-state index in [2.05, 4.69) is 4.98 Å². The predicted octanol–water partition coefficient (Wildman–Crippen LogP) is 1.34. The maximum Gasteiger partial charge on any atom is 0.231 e. The second kappa shape index (κ2) is 5.48. The minimum Gasteiger partial charge on any atom is -0.382 e. The number of carbonyl (C=O) groups excluding carboxylic acids is 1. The van der Waals surface area contributed by atoms with Crippen LogP contribution in [0.25, 0.3) is 0 Å². The van der Waals surface area contributed by atoms with Crippen molar-refractivity contribution in [2.45, 2.75) is 19.8 Å². The molecule has 0 spiro atoms. The molecule has 0 aliphatic carbocycles. The van der Waals surface area contributed by atoms with Crippen molar-refractivity contribution in [2.75, 3.05) is 13.2 Å². The van der Waals surface area contributed by atoms with Crippen molar-refractivity contribution >= 4 is 5.91 Å². The molecule has 0 fully saturated rings. The van der Waals surface area contributed by atoms with E-state index in [0.29, 0.717) is 19.6 Å². The molecule has 1 aromatic rings. The van der Waals surface area contributed by atoms with Gasteiger partial charge in [0.1, 0.15) is 6.33 Å². The maximum atomic E-state index is 11.3. The Balaban J connectivity index is 2.19. The van der Waals surface area contributed by atoms with Gasteiger partial charge in [0.05, 0.1) is 0 Å². The van der Waals surface area contributed by atoms with Gasteiger partial charge in [-0.05, 0) is 13.3 Å². The third kappa shape index (κ3) is 3.38. The van der Waals surface area contributed by atoms with Crippen molar-refractivity contribution in [3.8, 4) is 0 Å². The first kappa shape index (κ1) is 9.92. The quantitative estimate of drug-likeness (QED) is 0.645. The van der Waals surface area contributed by atoms with Gasteiger partial charge in [-0.15, -0.1) is 0 Å². The molecule has 0 amide bonds. The summed E-state index contributed by atoms with van der Waals surface area (Å²) in [6, 6.07) is 0. The van der Waals surface area contributed by atoms with Crippen LogP contribution in [0.1, 0.15) is 24.6 Å². The van der Waals surface area contributed by atoms with Gasteiger partial charge < -0.3 is 4.74 Å². The van der Waals surface area contributed by atoms with Gasteiger partial charge in [0.25, 0.3) is 0 Å².